The van der Waals surface area contributed by atoms with Crippen LogP contribution in [0.5, 0.6) is 5.75 Å². The second kappa shape index (κ2) is 9.83. The molecule has 1 aliphatic heterocycles. The lowest BCUT2D eigenvalue weighted by molar-refractivity contribution is -0.118. The van der Waals surface area contributed by atoms with E-state index in [1.807, 2.05) is 92.7 Å². The second-order valence-electron chi connectivity index (χ2n) is 10.9. The number of carbonyl (C=O) groups excluding carboxylic acids is 2. The zero-order valence-corrected chi connectivity index (χ0v) is 23.1. The van der Waals surface area contributed by atoms with Crippen LogP contribution in [0.3, 0.4) is 0 Å². The van der Waals surface area contributed by atoms with Crippen LogP contribution in [0.25, 0.3) is 11.1 Å². The van der Waals surface area contributed by atoms with Gasteiger partial charge < -0.3 is 15.4 Å². The van der Waals surface area contributed by atoms with E-state index < -0.39 is 17.0 Å². The number of methoxy groups -OCH3 is 1. The molecule has 0 spiro atoms. The van der Waals surface area contributed by atoms with Crippen LogP contribution in [-0.2, 0) is 10.2 Å². The lowest BCUT2D eigenvalue weighted by Crippen LogP contribution is -2.68. The molecule has 4 aromatic rings. The van der Waals surface area contributed by atoms with E-state index in [0.717, 1.165) is 27.9 Å². The van der Waals surface area contributed by atoms with Crippen LogP contribution >= 0.6 is 0 Å². The number of carbonyl (C=O) groups is 2. The third kappa shape index (κ3) is 4.23. The summed E-state index contributed by atoms with van der Waals surface area (Å²) in [4.78, 5) is 28.9. The number of rotatable bonds is 5. The van der Waals surface area contributed by atoms with Gasteiger partial charge in [-0.05, 0) is 79.4 Å². The summed E-state index contributed by atoms with van der Waals surface area (Å²) < 4.78 is 5.48. The third-order valence-corrected chi connectivity index (χ3v) is 8.26. The summed E-state index contributed by atoms with van der Waals surface area (Å²) >= 11 is 0. The van der Waals surface area contributed by atoms with Crippen molar-refractivity contribution in [3.63, 3.8) is 0 Å². The van der Waals surface area contributed by atoms with Gasteiger partial charge in [-0.1, -0.05) is 60.7 Å². The van der Waals surface area contributed by atoms with Crippen LogP contribution in [-0.4, -0.2) is 30.4 Å². The number of benzene rings is 4. The number of nitrogens with two attached hydrogens (primary N) is 1. The fourth-order valence-corrected chi connectivity index (χ4v) is 6.17. The minimum atomic E-state index is -0.664. The van der Waals surface area contributed by atoms with Gasteiger partial charge in [0.2, 0.25) is 5.91 Å². The van der Waals surface area contributed by atoms with E-state index >= 15 is 0 Å². The van der Waals surface area contributed by atoms with Gasteiger partial charge >= 0.3 is 0 Å². The molecule has 0 radical (unpaired) electrons. The molecule has 5 heteroatoms. The maximum Gasteiger partial charge on any atom is 0.224 e. The van der Waals surface area contributed by atoms with Gasteiger partial charge in [-0.15, -0.1) is 0 Å². The minimum Gasteiger partial charge on any atom is -0.497 e. The number of hydrogen-bond donors (Lipinski definition) is 1. The molecule has 2 N–H and O–H groups in total. The first-order valence-corrected chi connectivity index (χ1v) is 13.1. The van der Waals surface area contributed by atoms with E-state index in [1.54, 1.807) is 25.0 Å². The fourth-order valence-electron chi connectivity index (χ4n) is 6.17. The smallest absolute Gasteiger partial charge is 0.224 e. The van der Waals surface area contributed by atoms with Crippen molar-refractivity contribution in [2.24, 2.45) is 5.73 Å². The maximum absolute atomic E-state index is 14.2. The highest BCUT2D eigenvalue weighted by atomic mass is 16.5. The number of ether oxygens (including phenoxy) is 1. The summed E-state index contributed by atoms with van der Waals surface area (Å²) in [7, 11) is 1.59. The molecule has 0 aromatic heterocycles. The number of anilines is 1. The van der Waals surface area contributed by atoms with Crippen molar-refractivity contribution < 1.29 is 14.3 Å². The molecule has 0 fully saturated rings. The van der Waals surface area contributed by atoms with Crippen LogP contribution in [0.2, 0.25) is 0 Å². The van der Waals surface area contributed by atoms with Crippen molar-refractivity contribution in [3.8, 4) is 16.9 Å². The Hall–Kier alpha value is -4.22. The van der Waals surface area contributed by atoms with E-state index in [2.05, 4.69) is 19.1 Å². The van der Waals surface area contributed by atoms with E-state index in [-0.39, 0.29) is 11.7 Å². The topological polar surface area (TPSA) is 72.6 Å². The Morgan fingerprint density at radius 2 is 1.49 bits per heavy atom. The molecule has 1 amide bonds. The second-order valence-corrected chi connectivity index (χ2v) is 10.9. The highest BCUT2D eigenvalue weighted by molar-refractivity contribution is 6.13. The van der Waals surface area contributed by atoms with Crippen LogP contribution in [0.4, 0.5) is 5.69 Å². The van der Waals surface area contributed by atoms with E-state index in [9.17, 15) is 9.59 Å². The van der Waals surface area contributed by atoms with Crippen LogP contribution in [0.1, 0.15) is 54.7 Å². The summed E-state index contributed by atoms with van der Waals surface area (Å²) in [6.07, 6.45) is 0. The molecule has 5 nitrogen and oxygen atoms in total. The van der Waals surface area contributed by atoms with Crippen molar-refractivity contribution in [1.82, 2.24) is 0 Å². The molecule has 1 heterocycles. The monoisotopic (exact) mass is 518 g/mol. The number of amides is 1. The van der Waals surface area contributed by atoms with Crippen molar-refractivity contribution in [2.75, 3.05) is 12.0 Å². The van der Waals surface area contributed by atoms with Gasteiger partial charge in [0.05, 0.1) is 12.6 Å². The summed E-state index contributed by atoms with van der Waals surface area (Å²) in [5.41, 5.74) is 11.2. The predicted octanol–water partition coefficient (Wildman–Crippen LogP) is 6.37. The average molecular weight is 519 g/mol. The number of hydrogen-bond acceptors (Lipinski definition) is 4. The Labute approximate surface area is 230 Å². The number of ketones is 1. The number of fused-ring (bicyclic) bond motifs is 1. The van der Waals surface area contributed by atoms with Gasteiger partial charge in [-0.2, -0.15) is 0 Å². The highest BCUT2D eigenvalue weighted by Crippen LogP contribution is 2.50. The van der Waals surface area contributed by atoms with E-state index in [0.29, 0.717) is 16.9 Å². The van der Waals surface area contributed by atoms with Crippen molar-refractivity contribution in [1.29, 1.82) is 0 Å². The molecule has 0 bridgehead atoms. The molecule has 5 rings (SSSR count). The number of nitrogens with zero attached hydrogens (tertiary/aromatic N) is 1. The van der Waals surface area contributed by atoms with Crippen LogP contribution < -0.4 is 15.4 Å². The van der Waals surface area contributed by atoms with Gasteiger partial charge in [0, 0.05) is 35.2 Å². The molecule has 1 aliphatic rings. The first-order valence-electron chi connectivity index (χ1n) is 13.1. The summed E-state index contributed by atoms with van der Waals surface area (Å²) in [6, 6.07) is 30.7. The highest BCUT2D eigenvalue weighted by Gasteiger charge is 2.53. The molecule has 0 saturated heterocycles. The molecule has 0 aliphatic carbocycles. The Kier molecular flexibility index (Phi) is 6.65. The van der Waals surface area contributed by atoms with Gasteiger partial charge in [0.25, 0.3) is 0 Å². The predicted molar refractivity (Wildman–Crippen MR) is 156 cm³/mol. The normalized spacial score (nSPS) is 19.7. The first-order chi connectivity index (χ1) is 18.6. The standard InChI is InChI=1S/C34H34N2O3/c1-22(37)36-30-19-16-24(20-29(30)34(4,32(35)33(36,2)3)25-14-10-7-11-15-25)31(38)28-21-26(39-5)17-18-27(28)23-12-8-6-9-13-23/h6-21,32H,35H2,1-5H3. The molecule has 39 heavy (non-hydrogen) atoms. The Morgan fingerprint density at radius 1 is 0.846 bits per heavy atom. The SMILES string of the molecule is COc1ccc(-c2ccccc2)c(C(=O)c2ccc3c(c2)C(C)(c2ccccc2)C(N)C(C)(C)N3C(C)=O)c1. The van der Waals surface area contributed by atoms with Crippen LogP contribution in [0, 0.1) is 0 Å². The molecule has 2 atom stereocenters. The Balaban J connectivity index is 1.74. The van der Waals surface area contributed by atoms with Gasteiger partial charge in [0.15, 0.2) is 5.78 Å². The largest absolute Gasteiger partial charge is 0.497 e. The summed E-state index contributed by atoms with van der Waals surface area (Å²) in [5.74, 6) is 0.389. The van der Waals surface area contributed by atoms with Gasteiger partial charge in [-0.25, -0.2) is 0 Å². The van der Waals surface area contributed by atoms with Crippen molar-refractivity contribution >= 4 is 17.4 Å². The fraction of sp³-hybridized carbons (Fsp3) is 0.235. The summed E-state index contributed by atoms with van der Waals surface area (Å²) in [6.45, 7) is 7.68. The molecular weight excluding hydrogens is 484 g/mol. The lowest BCUT2D eigenvalue weighted by Gasteiger charge is -2.55. The van der Waals surface area contributed by atoms with Crippen LogP contribution in [0.15, 0.2) is 97.1 Å². The zero-order chi connectivity index (χ0) is 27.9. The molecule has 198 valence electrons. The first kappa shape index (κ1) is 26.4. The Bertz CT molecular complexity index is 1550. The zero-order valence-electron chi connectivity index (χ0n) is 23.1. The molecule has 4 aromatic carbocycles. The Morgan fingerprint density at radius 3 is 2.10 bits per heavy atom. The third-order valence-electron chi connectivity index (χ3n) is 8.26. The minimum absolute atomic E-state index is 0.0925. The lowest BCUT2D eigenvalue weighted by atomic mass is 9.61. The van der Waals surface area contributed by atoms with Crippen molar-refractivity contribution in [3.05, 3.63) is 119 Å². The quantitative estimate of drug-likeness (QED) is 0.312. The molecule has 2 unspecified atom stereocenters. The van der Waals surface area contributed by atoms with Crippen molar-refractivity contribution in [2.45, 2.75) is 44.7 Å². The summed E-state index contributed by atoms with van der Waals surface area (Å²) in [5, 5.41) is 0. The van der Waals surface area contributed by atoms with E-state index in [4.69, 9.17) is 10.5 Å². The van der Waals surface area contributed by atoms with Gasteiger partial charge in [-0.3, -0.25) is 9.59 Å². The molecule has 0 saturated carbocycles. The maximum atomic E-state index is 14.2. The average Bonchev–Trinajstić information content (AvgIpc) is 2.96. The molecular formula is C34H34N2O3. The van der Waals surface area contributed by atoms with E-state index in [1.165, 1.54) is 0 Å². The van der Waals surface area contributed by atoms with Gasteiger partial charge in [0.1, 0.15) is 5.75 Å².